The number of aryl methyl sites for hydroxylation is 1. The van der Waals surface area contributed by atoms with Crippen LogP contribution in [0, 0.1) is 6.92 Å². The zero-order valence-electron chi connectivity index (χ0n) is 14.8. The molecular weight excluding hydrogens is 334 g/mol. The molecule has 1 fully saturated rings. The fraction of sp³-hybridized carbons (Fsp3) is 0.381. The van der Waals surface area contributed by atoms with Crippen molar-refractivity contribution in [1.29, 1.82) is 0 Å². The Bertz CT molecular complexity index is 749. The molecule has 1 aliphatic rings. The van der Waals surface area contributed by atoms with Crippen molar-refractivity contribution in [3.8, 4) is 5.75 Å². The van der Waals surface area contributed by atoms with E-state index in [9.17, 15) is 4.79 Å². The van der Waals surface area contributed by atoms with Gasteiger partial charge in [0.25, 0.3) is 0 Å². The highest BCUT2D eigenvalue weighted by Gasteiger charge is 2.42. The van der Waals surface area contributed by atoms with E-state index in [0.29, 0.717) is 23.1 Å². The predicted molar refractivity (Wildman–Crippen MR) is 103 cm³/mol. The van der Waals surface area contributed by atoms with E-state index in [0.717, 1.165) is 31.2 Å². The smallest absolute Gasteiger partial charge is 0.235 e. The van der Waals surface area contributed by atoms with E-state index in [-0.39, 0.29) is 5.91 Å². The minimum atomic E-state index is -0.446. The normalized spacial score (nSPS) is 15.8. The number of benzene rings is 2. The SMILES string of the molecule is CCOc1ccc(NC(=O)C2(c3ccc(C)cc3)CCCC2)cc1Cl. The molecule has 1 N–H and O–H groups in total. The van der Waals surface area contributed by atoms with Crippen molar-refractivity contribution < 1.29 is 9.53 Å². The van der Waals surface area contributed by atoms with E-state index in [1.165, 1.54) is 5.56 Å². The number of carbonyl (C=O) groups is 1. The van der Waals surface area contributed by atoms with Crippen molar-refractivity contribution in [2.45, 2.75) is 44.9 Å². The van der Waals surface area contributed by atoms with Gasteiger partial charge in [-0.15, -0.1) is 0 Å². The van der Waals surface area contributed by atoms with Crippen LogP contribution in [0.15, 0.2) is 42.5 Å². The lowest BCUT2D eigenvalue weighted by molar-refractivity contribution is -0.121. The lowest BCUT2D eigenvalue weighted by Gasteiger charge is -2.28. The van der Waals surface area contributed by atoms with E-state index in [1.807, 2.05) is 13.0 Å². The maximum atomic E-state index is 13.2. The third-order valence-electron chi connectivity index (χ3n) is 4.99. The molecular formula is C21H24ClNO2. The van der Waals surface area contributed by atoms with Crippen LogP contribution in [-0.4, -0.2) is 12.5 Å². The number of ether oxygens (including phenoxy) is 1. The maximum absolute atomic E-state index is 13.2. The average Bonchev–Trinajstić information content (AvgIpc) is 3.09. The van der Waals surface area contributed by atoms with Gasteiger partial charge >= 0.3 is 0 Å². The average molecular weight is 358 g/mol. The van der Waals surface area contributed by atoms with Crippen LogP contribution in [0.4, 0.5) is 5.69 Å². The van der Waals surface area contributed by atoms with Crippen LogP contribution in [-0.2, 0) is 10.2 Å². The van der Waals surface area contributed by atoms with E-state index in [2.05, 4.69) is 36.5 Å². The van der Waals surface area contributed by atoms with Crippen LogP contribution in [0.3, 0.4) is 0 Å². The lowest BCUT2D eigenvalue weighted by atomic mass is 9.77. The molecule has 2 aromatic rings. The topological polar surface area (TPSA) is 38.3 Å². The van der Waals surface area contributed by atoms with Gasteiger partial charge in [0.05, 0.1) is 17.0 Å². The van der Waals surface area contributed by atoms with Gasteiger partial charge < -0.3 is 10.1 Å². The summed E-state index contributed by atoms with van der Waals surface area (Å²) in [6.45, 7) is 4.53. The van der Waals surface area contributed by atoms with Crippen molar-refractivity contribution in [3.63, 3.8) is 0 Å². The first-order valence-corrected chi connectivity index (χ1v) is 9.24. The van der Waals surface area contributed by atoms with Crippen molar-refractivity contribution in [1.82, 2.24) is 0 Å². The van der Waals surface area contributed by atoms with Crippen molar-refractivity contribution in [2.24, 2.45) is 0 Å². The number of amides is 1. The summed E-state index contributed by atoms with van der Waals surface area (Å²) >= 11 is 6.24. The molecule has 0 heterocycles. The number of hydrogen-bond donors (Lipinski definition) is 1. The van der Waals surface area contributed by atoms with E-state index in [1.54, 1.807) is 12.1 Å². The largest absolute Gasteiger partial charge is 0.492 e. The van der Waals surface area contributed by atoms with Gasteiger partial charge in [0.1, 0.15) is 5.75 Å². The second-order valence-electron chi connectivity index (χ2n) is 6.69. The standard InChI is InChI=1S/C21H24ClNO2/c1-3-25-19-11-10-17(14-18(19)22)23-20(24)21(12-4-5-13-21)16-8-6-15(2)7-9-16/h6-11,14H,3-5,12-13H2,1-2H3,(H,23,24). The van der Waals surface area contributed by atoms with Gasteiger partial charge in [-0.2, -0.15) is 0 Å². The number of anilines is 1. The molecule has 0 bridgehead atoms. The van der Waals surface area contributed by atoms with Crippen molar-refractivity contribution in [2.75, 3.05) is 11.9 Å². The van der Waals surface area contributed by atoms with Crippen molar-refractivity contribution in [3.05, 3.63) is 58.6 Å². The minimum Gasteiger partial charge on any atom is -0.492 e. The first-order chi connectivity index (χ1) is 12.0. The first-order valence-electron chi connectivity index (χ1n) is 8.86. The van der Waals surface area contributed by atoms with Crippen LogP contribution >= 0.6 is 11.6 Å². The highest BCUT2D eigenvalue weighted by atomic mass is 35.5. The van der Waals surface area contributed by atoms with Gasteiger partial charge in [0, 0.05) is 5.69 Å². The molecule has 0 saturated heterocycles. The van der Waals surface area contributed by atoms with E-state index >= 15 is 0 Å². The third kappa shape index (κ3) is 3.67. The Morgan fingerprint density at radius 1 is 1.16 bits per heavy atom. The van der Waals surface area contributed by atoms with Crippen LogP contribution in [0.2, 0.25) is 5.02 Å². The summed E-state index contributed by atoms with van der Waals surface area (Å²) in [6.07, 6.45) is 3.91. The number of rotatable bonds is 5. The number of hydrogen-bond acceptors (Lipinski definition) is 2. The third-order valence-corrected chi connectivity index (χ3v) is 5.28. The summed E-state index contributed by atoms with van der Waals surface area (Å²) in [7, 11) is 0. The molecule has 2 aromatic carbocycles. The predicted octanol–water partition coefficient (Wildman–Crippen LogP) is 5.50. The zero-order chi connectivity index (χ0) is 17.9. The molecule has 0 radical (unpaired) electrons. The summed E-state index contributed by atoms with van der Waals surface area (Å²) in [5.41, 5.74) is 2.57. The Kier molecular flexibility index (Phi) is 5.33. The zero-order valence-corrected chi connectivity index (χ0v) is 15.5. The highest BCUT2D eigenvalue weighted by Crippen LogP contribution is 2.42. The molecule has 3 nitrogen and oxygen atoms in total. The molecule has 3 rings (SSSR count). The summed E-state index contributed by atoms with van der Waals surface area (Å²) in [5, 5.41) is 3.58. The quantitative estimate of drug-likeness (QED) is 0.767. The first kappa shape index (κ1) is 17.8. The van der Waals surface area contributed by atoms with Crippen LogP contribution in [0.1, 0.15) is 43.7 Å². The Morgan fingerprint density at radius 3 is 2.44 bits per heavy atom. The molecule has 1 aliphatic carbocycles. The molecule has 132 valence electrons. The molecule has 0 aliphatic heterocycles. The van der Waals surface area contributed by atoms with Gasteiger partial charge in [0.15, 0.2) is 0 Å². The fourth-order valence-corrected chi connectivity index (χ4v) is 3.83. The summed E-state index contributed by atoms with van der Waals surface area (Å²) in [6, 6.07) is 13.7. The molecule has 1 saturated carbocycles. The molecule has 0 aromatic heterocycles. The lowest BCUT2D eigenvalue weighted by Crippen LogP contribution is -2.38. The molecule has 0 unspecified atom stereocenters. The molecule has 0 spiro atoms. The Hall–Kier alpha value is -2.00. The van der Waals surface area contributed by atoms with E-state index in [4.69, 9.17) is 16.3 Å². The molecule has 1 amide bonds. The molecule has 25 heavy (non-hydrogen) atoms. The molecule has 4 heteroatoms. The number of carbonyl (C=O) groups excluding carboxylic acids is 1. The Labute approximate surface area is 154 Å². The van der Waals surface area contributed by atoms with E-state index < -0.39 is 5.41 Å². The summed E-state index contributed by atoms with van der Waals surface area (Å²) < 4.78 is 5.45. The monoisotopic (exact) mass is 357 g/mol. The Balaban J connectivity index is 1.84. The molecule has 0 atom stereocenters. The van der Waals surface area contributed by atoms with Crippen LogP contribution in [0.25, 0.3) is 0 Å². The minimum absolute atomic E-state index is 0.0501. The maximum Gasteiger partial charge on any atom is 0.235 e. The number of nitrogens with one attached hydrogen (secondary N) is 1. The van der Waals surface area contributed by atoms with Gasteiger partial charge in [0.2, 0.25) is 5.91 Å². The van der Waals surface area contributed by atoms with Crippen molar-refractivity contribution >= 4 is 23.2 Å². The second-order valence-corrected chi connectivity index (χ2v) is 7.09. The van der Waals surface area contributed by atoms with Gasteiger partial charge in [-0.1, -0.05) is 54.3 Å². The van der Waals surface area contributed by atoms with Gasteiger partial charge in [-0.25, -0.2) is 0 Å². The summed E-state index contributed by atoms with van der Waals surface area (Å²) in [4.78, 5) is 13.2. The fourth-order valence-electron chi connectivity index (χ4n) is 3.60. The number of halogens is 1. The van der Waals surface area contributed by atoms with Gasteiger partial charge in [-0.05, 0) is 50.5 Å². The second kappa shape index (κ2) is 7.49. The van der Waals surface area contributed by atoms with Gasteiger partial charge in [-0.3, -0.25) is 4.79 Å². The summed E-state index contributed by atoms with van der Waals surface area (Å²) in [5.74, 6) is 0.686. The highest BCUT2D eigenvalue weighted by molar-refractivity contribution is 6.32. The Morgan fingerprint density at radius 2 is 1.84 bits per heavy atom. The van der Waals surface area contributed by atoms with Crippen LogP contribution in [0.5, 0.6) is 5.75 Å². The van der Waals surface area contributed by atoms with Crippen LogP contribution < -0.4 is 10.1 Å².